The number of pyridine rings is 1. The van der Waals surface area contributed by atoms with Gasteiger partial charge in [0.1, 0.15) is 0 Å². The maximum Gasteiger partial charge on any atom is 0.269 e. The Hall–Kier alpha value is -2.95. The number of rotatable bonds is 2. The van der Waals surface area contributed by atoms with Crippen LogP contribution in [0.5, 0.6) is 0 Å². The molecule has 3 aromatic rings. The first kappa shape index (κ1) is 12.1. The van der Waals surface area contributed by atoms with E-state index in [0.717, 1.165) is 5.39 Å². The van der Waals surface area contributed by atoms with Gasteiger partial charge in [-0.1, -0.05) is 18.2 Å². The number of nitro benzene ring substituents is 1. The van der Waals surface area contributed by atoms with Crippen molar-refractivity contribution in [3.63, 3.8) is 0 Å². The first-order valence-electron chi connectivity index (χ1n) is 6.02. The highest BCUT2D eigenvalue weighted by Gasteiger charge is 2.07. The summed E-state index contributed by atoms with van der Waals surface area (Å²) in [6.45, 7) is 0. The van der Waals surface area contributed by atoms with E-state index in [-0.39, 0.29) is 11.2 Å². The van der Waals surface area contributed by atoms with Crippen LogP contribution in [0, 0.1) is 10.1 Å². The van der Waals surface area contributed by atoms with Gasteiger partial charge in [0.05, 0.1) is 4.92 Å². The summed E-state index contributed by atoms with van der Waals surface area (Å²) in [6.07, 6.45) is 1.67. The number of fused-ring (bicyclic) bond motifs is 1. The van der Waals surface area contributed by atoms with Crippen LogP contribution in [0.2, 0.25) is 0 Å². The normalized spacial score (nSPS) is 10.6. The van der Waals surface area contributed by atoms with Crippen LogP contribution < -0.4 is 5.56 Å². The van der Waals surface area contributed by atoms with E-state index < -0.39 is 4.92 Å². The minimum absolute atomic E-state index is 0.00240. The predicted molar refractivity (Wildman–Crippen MR) is 76.2 cm³/mol. The summed E-state index contributed by atoms with van der Waals surface area (Å²) in [5.74, 6) is 0. The maximum atomic E-state index is 12.4. The van der Waals surface area contributed by atoms with E-state index in [0.29, 0.717) is 11.1 Å². The van der Waals surface area contributed by atoms with Crippen molar-refractivity contribution >= 4 is 16.5 Å². The Bertz CT molecular complexity index is 851. The van der Waals surface area contributed by atoms with Crippen molar-refractivity contribution in [2.45, 2.75) is 0 Å². The number of nitro groups is 1. The van der Waals surface area contributed by atoms with Crippen molar-refractivity contribution in [1.82, 2.24) is 4.57 Å². The molecule has 0 aliphatic heterocycles. The molecule has 0 atom stereocenters. The fraction of sp³-hybridized carbons (Fsp3) is 0. The van der Waals surface area contributed by atoms with Gasteiger partial charge in [-0.05, 0) is 29.7 Å². The fourth-order valence-corrected chi connectivity index (χ4v) is 2.13. The van der Waals surface area contributed by atoms with Gasteiger partial charge in [-0.25, -0.2) is 0 Å². The lowest BCUT2D eigenvalue weighted by atomic mass is 10.1. The summed E-state index contributed by atoms with van der Waals surface area (Å²) in [5, 5.41) is 12.1. The predicted octanol–water partition coefficient (Wildman–Crippen LogP) is 2.90. The molecule has 0 N–H and O–H groups in total. The van der Waals surface area contributed by atoms with Gasteiger partial charge in [-0.15, -0.1) is 0 Å². The molecule has 0 saturated heterocycles. The monoisotopic (exact) mass is 266 g/mol. The van der Waals surface area contributed by atoms with Crippen LogP contribution in [0.15, 0.2) is 65.6 Å². The third kappa shape index (κ3) is 1.95. The van der Waals surface area contributed by atoms with Crippen LogP contribution in [0.3, 0.4) is 0 Å². The molecule has 3 rings (SSSR count). The SMILES string of the molecule is O=c1c2ccccc2ccn1-c1ccc([N+](=O)[O-])cc1. The van der Waals surface area contributed by atoms with Crippen molar-refractivity contribution in [2.24, 2.45) is 0 Å². The van der Waals surface area contributed by atoms with Gasteiger partial charge >= 0.3 is 0 Å². The topological polar surface area (TPSA) is 65.1 Å². The Morgan fingerprint density at radius 3 is 2.35 bits per heavy atom. The summed E-state index contributed by atoms with van der Waals surface area (Å²) in [5.41, 5.74) is 0.464. The van der Waals surface area contributed by atoms with Crippen molar-refractivity contribution in [3.05, 3.63) is 81.3 Å². The molecule has 20 heavy (non-hydrogen) atoms. The summed E-state index contributed by atoms with van der Waals surface area (Å²) < 4.78 is 1.48. The standard InChI is InChI=1S/C15H10N2O3/c18-15-14-4-2-1-3-11(14)9-10-16(15)12-5-7-13(8-6-12)17(19)20/h1-10H. The Kier molecular flexibility index (Phi) is 2.80. The van der Waals surface area contributed by atoms with Crippen LogP contribution in [0.25, 0.3) is 16.5 Å². The van der Waals surface area contributed by atoms with Gasteiger partial charge in [-0.2, -0.15) is 0 Å². The second kappa shape index (κ2) is 4.62. The highest BCUT2D eigenvalue weighted by molar-refractivity contribution is 5.81. The van der Waals surface area contributed by atoms with Crippen LogP contribution >= 0.6 is 0 Å². The zero-order chi connectivity index (χ0) is 14.1. The van der Waals surface area contributed by atoms with E-state index in [1.807, 2.05) is 24.3 Å². The van der Waals surface area contributed by atoms with Gasteiger partial charge < -0.3 is 0 Å². The number of nitrogens with zero attached hydrogens (tertiary/aromatic N) is 2. The molecule has 2 aromatic carbocycles. The molecule has 5 nitrogen and oxygen atoms in total. The molecule has 98 valence electrons. The highest BCUT2D eigenvalue weighted by atomic mass is 16.6. The first-order chi connectivity index (χ1) is 9.66. The summed E-state index contributed by atoms with van der Waals surface area (Å²) in [6, 6.07) is 15.1. The van der Waals surface area contributed by atoms with Gasteiger partial charge in [-0.3, -0.25) is 19.5 Å². The van der Waals surface area contributed by atoms with Gasteiger partial charge in [0.15, 0.2) is 0 Å². The highest BCUT2D eigenvalue weighted by Crippen LogP contribution is 2.15. The fourth-order valence-electron chi connectivity index (χ4n) is 2.13. The molecule has 0 radical (unpaired) electrons. The van der Waals surface area contributed by atoms with Gasteiger partial charge in [0.2, 0.25) is 0 Å². The molecule has 0 aliphatic rings. The quantitative estimate of drug-likeness (QED) is 0.529. The van der Waals surface area contributed by atoms with E-state index in [4.69, 9.17) is 0 Å². The molecule has 0 aliphatic carbocycles. The van der Waals surface area contributed by atoms with E-state index in [9.17, 15) is 14.9 Å². The van der Waals surface area contributed by atoms with Crippen LogP contribution in [-0.4, -0.2) is 9.49 Å². The lowest BCUT2D eigenvalue weighted by Crippen LogP contribution is -2.17. The van der Waals surface area contributed by atoms with Crippen LogP contribution in [0.1, 0.15) is 0 Å². The number of non-ortho nitro benzene ring substituents is 1. The second-order valence-electron chi connectivity index (χ2n) is 4.35. The lowest BCUT2D eigenvalue weighted by molar-refractivity contribution is -0.384. The van der Waals surface area contributed by atoms with E-state index in [2.05, 4.69) is 0 Å². The van der Waals surface area contributed by atoms with E-state index in [1.54, 1.807) is 24.4 Å². The third-order valence-corrected chi connectivity index (χ3v) is 3.15. The lowest BCUT2D eigenvalue weighted by Gasteiger charge is -2.06. The summed E-state index contributed by atoms with van der Waals surface area (Å²) in [7, 11) is 0. The van der Waals surface area contributed by atoms with Gasteiger partial charge in [0.25, 0.3) is 11.2 Å². The minimum Gasteiger partial charge on any atom is -0.284 e. The molecule has 0 fully saturated rings. The Labute approximate surface area is 113 Å². The third-order valence-electron chi connectivity index (χ3n) is 3.15. The van der Waals surface area contributed by atoms with Crippen molar-refractivity contribution in [3.8, 4) is 5.69 Å². The Balaban J connectivity index is 2.17. The van der Waals surface area contributed by atoms with E-state index in [1.165, 1.54) is 16.7 Å². The first-order valence-corrected chi connectivity index (χ1v) is 6.02. The Morgan fingerprint density at radius 1 is 0.950 bits per heavy atom. The number of aromatic nitrogens is 1. The Morgan fingerprint density at radius 2 is 1.65 bits per heavy atom. The molecule has 0 saturated carbocycles. The molecule has 0 amide bonds. The molecule has 0 bridgehead atoms. The number of hydrogen-bond donors (Lipinski definition) is 0. The minimum atomic E-state index is -0.465. The van der Waals surface area contributed by atoms with Crippen molar-refractivity contribution in [1.29, 1.82) is 0 Å². The zero-order valence-corrected chi connectivity index (χ0v) is 10.4. The molecule has 0 unspecified atom stereocenters. The van der Waals surface area contributed by atoms with Gasteiger partial charge in [0, 0.05) is 29.4 Å². The number of hydrogen-bond acceptors (Lipinski definition) is 3. The average Bonchev–Trinajstić information content (AvgIpc) is 2.48. The van der Waals surface area contributed by atoms with E-state index >= 15 is 0 Å². The molecule has 1 aromatic heterocycles. The van der Waals surface area contributed by atoms with Crippen LogP contribution in [-0.2, 0) is 0 Å². The zero-order valence-electron chi connectivity index (χ0n) is 10.4. The van der Waals surface area contributed by atoms with Crippen molar-refractivity contribution in [2.75, 3.05) is 0 Å². The molecule has 1 heterocycles. The largest absolute Gasteiger partial charge is 0.284 e. The van der Waals surface area contributed by atoms with Crippen LogP contribution in [0.4, 0.5) is 5.69 Å². The molecular formula is C15H10N2O3. The maximum absolute atomic E-state index is 12.4. The molecule has 0 spiro atoms. The second-order valence-corrected chi connectivity index (χ2v) is 4.35. The van der Waals surface area contributed by atoms with Crippen molar-refractivity contribution < 1.29 is 4.92 Å². The number of benzene rings is 2. The smallest absolute Gasteiger partial charge is 0.269 e. The summed E-state index contributed by atoms with van der Waals surface area (Å²) >= 11 is 0. The average molecular weight is 266 g/mol. The summed E-state index contributed by atoms with van der Waals surface area (Å²) in [4.78, 5) is 22.5. The molecule has 5 heteroatoms. The molecular weight excluding hydrogens is 256 g/mol.